The average molecular weight is 345 g/mol. The number of fused-ring (bicyclic) bond motifs is 1. The first-order valence-corrected chi connectivity index (χ1v) is 7.77. The van der Waals surface area contributed by atoms with Gasteiger partial charge in [-0.15, -0.1) is 0 Å². The van der Waals surface area contributed by atoms with E-state index >= 15 is 0 Å². The Hall–Kier alpha value is -2.66. The number of nitrogens with zero attached hydrogens (tertiary/aromatic N) is 1. The van der Waals surface area contributed by atoms with Crippen molar-refractivity contribution in [3.05, 3.63) is 75.3 Å². The molecule has 24 heavy (non-hydrogen) atoms. The molecule has 0 saturated carbocycles. The number of aryl methyl sites for hydroxylation is 1. The zero-order valence-electron chi connectivity index (χ0n) is 12.8. The molecule has 1 aromatic heterocycles. The van der Waals surface area contributed by atoms with Crippen LogP contribution in [0.15, 0.2) is 53.5 Å². The first-order valence-electron chi connectivity index (χ1n) is 7.40. The minimum Gasteiger partial charge on any atom is -0.347 e. The number of benzene rings is 2. The lowest BCUT2D eigenvalue weighted by Crippen LogP contribution is -2.24. The lowest BCUT2D eigenvalue weighted by atomic mass is 10.1. The van der Waals surface area contributed by atoms with Crippen molar-refractivity contribution in [3.8, 4) is 0 Å². The van der Waals surface area contributed by atoms with Gasteiger partial charge in [-0.1, -0.05) is 23.7 Å². The molecule has 0 spiro atoms. The Labute approximate surface area is 142 Å². The highest BCUT2D eigenvalue weighted by atomic mass is 35.5. The number of hydrogen-bond acceptors (Lipinski definition) is 2. The van der Waals surface area contributed by atoms with E-state index in [9.17, 15) is 14.0 Å². The minimum atomic E-state index is -0.658. The third-order valence-electron chi connectivity index (χ3n) is 3.75. The van der Waals surface area contributed by atoms with Crippen molar-refractivity contribution in [2.75, 3.05) is 5.32 Å². The Morgan fingerprint density at radius 1 is 1.25 bits per heavy atom. The molecule has 0 unspecified atom stereocenters. The highest BCUT2D eigenvalue weighted by Gasteiger charge is 2.16. The summed E-state index contributed by atoms with van der Waals surface area (Å²) in [5.74, 6) is -1.22. The average Bonchev–Trinajstić information content (AvgIpc) is 2.57. The van der Waals surface area contributed by atoms with E-state index in [1.807, 2.05) is 6.92 Å². The number of pyridine rings is 1. The summed E-state index contributed by atoms with van der Waals surface area (Å²) in [6.45, 7) is 2.47. The minimum absolute atomic E-state index is 0.0242. The van der Waals surface area contributed by atoms with E-state index in [1.165, 1.54) is 30.5 Å². The van der Waals surface area contributed by atoms with Gasteiger partial charge in [-0.25, -0.2) is 4.39 Å². The maximum absolute atomic E-state index is 13.7. The standard InChI is InChI=1S/C18H14ClFN2O2/c1-2-22-10-13(17(23)12-9-11(19)7-8-16(12)22)18(24)21-15-6-4-3-5-14(15)20/h3-10H,2H2,1H3,(H,21,24). The SMILES string of the molecule is CCn1cc(C(=O)Nc2ccccc2F)c(=O)c2cc(Cl)ccc21. The Balaban J connectivity index is 2.12. The molecule has 1 heterocycles. The van der Waals surface area contributed by atoms with Crippen LogP contribution in [0.1, 0.15) is 17.3 Å². The molecular weight excluding hydrogens is 331 g/mol. The van der Waals surface area contributed by atoms with Crippen LogP contribution in [-0.4, -0.2) is 10.5 Å². The zero-order valence-corrected chi connectivity index (χ0v) is 13.6. The van der Waals surface area contributed by atoms with Crippen LogP contribution in [0.4, 0.5) is 10.1 Å². The van der Waals surface area contributed by atoms with E-state index in [2.05, 4.69) is 5.32 Å². The number of carbonyl (C=O) groups excluding carboxylic acids is 1. The lowest BCUT2D eigenvalue weighted by Gasteiger charge is -2.12. The molecule has 3 aromatic rings. The summed E-state index contributed by atoms with van der Waals surface area (Å²) in [6.07, 6.45) is 1.48. The smallest absolute Gasteiger partial charge is 0.261 e. The normalized spacial score (nSPS) is 10.8. The van der Waals surface area contributed by atoms with Crippen LogP contribution in [0, 0.1) is 5.82 Å². The molecule has 4 nitrogen and oxygen atoms in total. The fraction of sp³-hybridized carbons (Fsp3) is 0.111. The van der Waals surface area contributed by atoms with Gasteiger partial charge in [0.05, 0.1) is 11.2 Å². The van der Waals surface area contributed by atoms with Crippen molar-refractivity contribution in [2.45, 2.75) is 13.5 Å². The van der Waals surface area contributed by atoms with Gasteiger partial charge in [0.2, 0.25) is 5.43 Å². The van der Waals surface area contributed by atoms with Gasteiger partial charge in [0, 0.05) is 23.2 Å². The molecule has 0 atom stereocenters. The molecule has 122 valence electrons. The van der Waals surface area contributed by atoms with Crippen LogP contribution in [-0.2, 0) is 6.54 Å². The highest BCUT2D eigenvalue weighted by Crippen LogP contribution is 2.19. The maximum Gasteiger partial charge on any atom is 0.261 e. The van der Waals surface area contributed by atoms with Crippen molar-refractivity contribution in [3.63, 3.8) is 0 Å². The first kappa shape index (κ1) is 16.2. The number of para-hydroxylation sites is 1. The Kier molecular flexibility index (Phi) is 4.36. The monoisotopic (exact) mass is 344 g/mol. The van der Waals surface area contributed by atoms with E-state index in [0.29, 0.717) is 22.5 Å². The molecule has 2 aromatic carbocycles. The molecule has 0 saturated heterocycles. The predicted molar refractivity (Wildman–Crippen MR) is 93.2 cm³/mol. The first-order chi connectivity index (χ1) is 11.5. The molecular formula is C18H14ClFN2O2. The Morgan fingerprint density at radius 3 is 2.71 bits per heavy atom. The van der Waals surface area contributed by atoms with Crippen LogP contribution in [0.2, 0.25) is 5.02 Å². The topological polar surface area (TPSA) is 51.1 Å². The summed E-state index contributed by atoms with van der Waals surface area (Å²) in [6, 6.07) is 10.8. The number of halogens is 2. The summed E-state index contributed by atoms with van der Waals surface area (Å²) in [5, 5.41) is 3.20. The van der Waals surface area contributed by atoms with Gasteiger partial charge >= 0.3 is 0 Å². The second-order valence-electron chi connectivity index (χ2n) is 5.25. The number of rotatable bonds is 3. The van der Waals surface area contributed by atoms with Crippen molar-refractivity contribution in [1.29, 1.82) is 0 Å². The quantitative estimate of drug-likeness (QED) is 0.778. The second kappa shape index (κ2) is 6.45. The van der Waals surface area contributed by atoms with Crippen LogP contribution in [0.3, 0.4) is 0 Å². The van der Waals surface area contributed by atoms with E-state index < -0.39 is 17.2 Å². The van der Waals surface area contributed by atoms with Crippen LogP contribution < -0.4 is 10.7 Å². The number of hydrogen-bond donors (Lipinski definition) is 1. The molecule has 1 N–H and O–H groups in total. The van der Waals surface area contributed by atoms with E-state index in [1.54, 1.807) is 22.8 Å². The van der Waals surface area contributed by atoms with Gasteiger partial charge in [-0.3, -0.25) is 9.59 Å². The number of nitrogens with one attached hydrogen (secondary N) is 1. The van der Waals surface area contributed by atoms with Gasteiger partial charge in [-0.05, 0) is 37.3 Å². The van der Waals surface area contributed by atoms with Gasteiger partial charge in [0.25, 0.3) is 5.91 Å². The number of carbonyl (C=O) groups is 1. The molecule has 0 fully saturated rings. The van der Waals surface area contributed by atoms with Crippen LogP contribution in [0.25, 0.3) is 10.9 Å². The fourth-order valence-electron chi connectivity index (χ4n) is 2.55. The van der Waals surface area contributed by atoms with Crippen molar-refractivity contribution in [2.24, 2.45) is 0 Å². The molecule has 0 bridgehead atoms. The van der Waals surface area contributed by atoms with Crippen LogP contribution >= 0.6 is 11.6 Å². The Morgan fingerprint density at radius 2 is 2.00 bits per heavy atom. The highest BCUT2D eigenvalue weighted by molar-refractivity contribution is 6.31. The lowest BCUT2D eigenvalue weighted by molar-refractivity contribution is 0.102. The third-order valence-corrected chi connectivity index (χ3v) is 3.98. The number of aromatic nitrogens is 1. The molecule has 3 rings (SSSR count). The summed E-state index contributed by atoms with van der Waals surface area (Å²) in [7, 11) is 0. The number of anilines is 1. The molecule has 6 heteroatoms. The third kappa shape index (κ3) is 2.90. The van der Waals surface area contributed by atoms with Gasteiger partial charge in [-0.2, -0.15) is 0 Å². The van der Waals surface area contributed by atoms with Gasteiger partial charge in [0.1, 0.15) is 11.4 Å². The van der Waals surface area contributed by atoms with Crippen LogP contribution in [0.5, 0.6) is 0 Å². The maximum atomic E-state index is 13.7. The number of amides is 1. The second-order valence-corrected chi connectivity index (χ2v) is 5.69. The molecule has 0 aliphatic carbocycles. The van der Waals surface area contributed by atoms with E-state index in [4.69, 9.17) is 11.6 Å². The predicted octanol–water partition coefficient (Wildman–Crippen LogP) is 4.07. The largest absolute Gasteiger partial charge is 0.347 e. The molecule has 0 aliphatic heterocycles. The fourth-order valence-corrected chi connectivity index (χ4v) is 2.72. The van der Waals surface area contributed by atoms with Gasteiger partial charge < -0.3 is 9.88 Å². The summed E-state index contributed by atoms with van der Waals surface area (Å²) >= 11 is 5.97. The Bertz CT molecular complexity index is 998. The molecule has 0 aliphatic rings. The van der Waals surface area contributed by atoms with E-state index in [-0.39, 0.29) is 11.3 Å². The zero-order chi connectivity index (χ0) is 17.3. The summed E-state index contributed by atoms with van der Waals surface area (Å²) < 4.78 is 15.5. The van der Waals surface area contributed by atoms with Crippen molar-refractivity contribution < 1.29 is 9.18 Å². The van der Waals surface area contributed by atoms with Gasteiger partial charge in [0.15, 0.2) is 0 Å². The van der Waals surface area contributed by atoms with Crippen molar-refractivity contribution in [1.82, 2.24) is 4.57 Å². The van der Waals surface area contributed by atoms with Crippen molar-refractivity contribution >= 4 is 34.1 Å². The summed E-state index contributed by atoms with van der Waals surface area (Å²) in [4.78, 5) is 25.1. The van der Waals surface area contributed by atoms with E-state index in [0.717, 1.165) is 0 Å². The molecule has 1 amide bonds. The summed E-state index contributed by atoms with van der Waals surface area (Å²) in [5.41, 5.74) is 0.214. The molecule has 0 radical (unpaired) electrons.